The lowest BCUT2D eigenvalue weighted by Gasteiger charge is -2.42. The number of rotatable bonds is 6. The van der Waals surface area contributed by atoms with Crippen LogP contribution in [0.2, 0.25) is 0 Å². The molecule has 160 valence electrons. The zero-order valence-electron chi connectivity index (χ0n) is 17.6. The molecule has 0 aromatic heterocycles. The lowest BCUT2D eigenvalue weighted by Crippen LogP contribution is -2.51. The van der Waals surface area contributed by atoms with Gasteiger partial charge in [0.05, 0.1) is 17.2 Å². The van der Waals surface area contributed by atoms with Crippen LogP contribution in [-0.2, 0) is 4.79 Å². The first-order valence-corrected chi connectivity index (χ1v) is 11.2. The summed E-state index contributed by atoms with van der Waals surface area (Å²) in [5.41, 5.74) is 2.08. The van der Waals surface area contributed by atoms with Gasteiger partial charge in [-0.05, 0) is 37.0 Å². The quantitative estimate of drug-likeness (QED) is 0.678. The lowest BCUT2D eigenvalue weighted by atomic mass is 10.0. The molecule has 5 rings (SSSR count). The van der Waals surface area contributed by atoms with E-state index < -0.39 is 0 Å². The van der Waals surface area contributed by atoms with Crippen LogP contribution in [0.25, 0.3) is 0 Å². The van der Waals surface area contributed by atoms with E-state index in [1.54, 1.807) is 24.3 Å². The monoisotopic (exact) mass is 417 g/mol. The van der Waals surface area contributed by atoms with Crippen molar-refractivity contribution in [1.82, 2.24) is 14.7 Å². The number of benzene rings is 2. The number of fused-ring (bicyclic) bond motifs is 1. The van der Waals surface area contributed by atoms with Crippen LogP contribution in [0.5, 0.6) is 0 Å². The van der Waals surface area contributed by atoms with Gasteiger partial charge in [0.25, 0.3) is 11.8 Å². The van der Waals surface area contributed by atoms with E-state index in [4.69, 9.17) is 0 Å². The number of imide groups is 1. The van der Waals surface area contributed by atoms with E-state index in [1.165, 1.54) is 23.3 Å². The number of carbonyl (C=O) groups excluding carboxylic acids is 3. The molecule has 2 aromatic carbocycles. The second-order valence-electron chi connectivity index (χ2n) is 8.65. The van der Waals surface area contributed by atoms with Crippen molar-refractivity contribution in [1.29, 1.82) is 0 Å². The third kappa shape index (κ3) is 3.88. The van der Waals surface area contributed by atoms with Crippen LogP contribution in [0, 0.1) is 0 Å². The molecule has 1 atom stereocenters. The zero-order chi connectivity index (χ0) is 21.4. The van der Waals surface area contributed by atoms with Crippen molar-refractivity contribution in [2.45, 2.75) is 37.8 Å². The van der Waals surface area contributed by atoms with Crippen LogP contribution in [-0.4, -0.2) is 64.6 Å². The smallest absolute Gasteiger partial charge is 0.261 e. The molecular formula is C25H27N3O3. The lowest BCUT2D eigenvalue weighted by molar-refractivity contribution is -0.136. The van der Waals surface area contributed by atoms with Gasteiger partial charge in [0, 0.05) is 38.6 Å². The Bertz CT molecular complexity index is 967. The summed E-state index contributed by atoms with van der Waals surface area (Å²) in [4.78, 5) is 44.0. The molecule has 31 heavy (non-hydrogen) atoms. The van der Waals surface area contributed by atoms with Gasteiger partial charge in [-0.1, -0.05) is 42.5 Å². The Balaban J connectivity index is 1.22. The molecule has 2 aromatic rings. The van der Waals surface area contributed by atoms with Gasteiger partial charge in [0.15, 0.2) is 0 Å². The fourth-order valence-corrected chi connectivity index (χ4v) is 4.81. The van der Waals surface area contributed by atoms with Crippen LogP contribution in [0.1, 0.15) is 58.0 Å². The fourth-order valence-electron chi connectivity index (χ4n) is 4.81. The molecule has 3 amide bonds. The number of hydrogen-bond donors (Lipinski definition) is 0. The molecule has 0 spiro atoms. The first-order chi connectivity index (χ1) is 15.1. The molecule has 1 saturated carbocycles. The summed E-state index contributed by atoms with van der Waals surface area (Å²) in [7, 11) is 0. The van der Waals surface area contributed by atoms with Crippen LogP contribution >= 0.6 is 0 Å². The summed E-state index contributed by atoms with van der Waals surface area (Å²) < 4.78 is 0. The largest absolute Gasteiger partial charge is 0.333 e. The molecule has 1 saturated heterocycles. The molecule has 2 fully saturated rings. The van der Waals surface area contributed by atoms with E-state index in [1.807, 2.05) is 23.1 Å². The van der Waals surface area contributed by atoms with Crippen LogP contribution in [0.3, 0.4) is 0 Å². The Hall–Kier alpha value is -2.99. The number of piperazine rings is 1. The molecule has 0 N–H and O–H groups in total. The van der Waals surface area contributed by atoms with Crippen molar-refractivity contribution in [3.8, 4) is 0 Å². The standard InChI is InChI=1S/C25H27N3O3/c29-23(11-6-14-28-24(30)20-9-4-5-10-21(20)25(28)31)27-16-15-26(19-12-13-19)17-22(27)18-7-2-1-3-8-18/h1-5,7-10,19,22H,6,11-17H2. The Morgan fingerprint density at radius 2 is 1.52 bits per heavy atom. The van der Waals surface area contributed by atoms with Crippen LogP contribution in [0.15, 0.2) is 54.6 Å². The minimum atomic E-state index is -0.256. The van der Waals surface area contributed by atoms with Gasteiger partial charge in [0.1, 0.15) is 0 Å². The average Bonchev–Trinajstić information content (AvgIpc) is 3.63. The highest BCUT2D eigenvalue weighted by molar-refractivity contribution is 6.21. The van der Waals surface area contributed by atoms with E-state index in [-0.39, 0.29) is 30.3 Å². The topological polar surface area (TPSA) is 60.9 Å². The fraction of sp³-hybridized carbons (Fsp3) is 0.400. The summed E-state index contributed by atoms with van der Waals surface area (Å²) in [6.45, 7) is 2.79. The van der Waals surface area contributed by atoms with Gasteiger partial charge < -0.3 is 4.90 Å². The van der Waals surface area contributed by atoms with Crippen LogP contribution < -0.4 is 0 Å². The summed E-state index contributed by atoms with van der Waals surface area (Å²) in [5, 5.41) is 0. The Kier molecular flexibility index (Phi) is 5.32. The second-order valence-corrected chi connectivity index (χ2v) is 8.65. The highest BCUT2D eigenvalue weighted by Crippen LogP contribution is 2.34. The predicted molar refractivity (Wildman–Crippen MR) is 117 cm³/mol. The molecule has 6 heteroatoms. The minimum absolute atomic E-state index is 0.0577. The molecule has 0 bridgehead atoms. The number of amides is 3. The summed E-state index contributed by atoms with van der Waals surface area (Å²) in [6, 6.07) is 17.9. The predicted octanol–water partition coefficient (Wildman–Crippen LogP) is 3.11. The zero-order valence-corrected chi connectivity index (χ0v) is 17.6. The van der Waals surface area contributed by atoms with E-state index in [9.17, 15) is 14.4 Å². The number of hydrogen-bond acceptors (Lipinski definition) is 4. The van der Waals surface area contributed by atoms with Gasteiger partial charge in [-0.3, -0.25) is 24.2 Å². The van der Waals surface area contributed by atoms with Gasteiger partial charge in [0.2, 0.25) is 5.91 Å². The van der Waals surface area contributed by atoms with E-state index in [0.29, 0.717) is 30.0 Å². The third-order valence-corrected chi connectivity index (χ3v) is 6.63. The second kappa shape index (κ2) is 8.27. The van der Waals surface area contributed by atoms with Gasteiger partial charge in [-0.25, -0.2) is 0 Å². The maximum atomic E-state index is 13.1. The Labute approximate surface area is 182 Å². The Morgan fingerprint density at radius 1 is 0.871 bits per heavy atom. The molecule has 2 heterocycles. The van der Waals surface area contributed by atoms with Gasteiger partial charge in [-0.15, -0.1) is 0 Å². The molecule has 0 radical (unpaired) electrons. The maximum Gasteiger partial charge on any atom is 0.261 e. The maximum absolute atomic E-state index is 13.1. The van der Waals surface area contributed by atoms with Crippen LogP contribution in [0.4, 0.5) is 0 Å². The summed E-state index contributed by atoms with van der Waals surface area (Å²) in [5.74, 6) is -0.414. The highest BCUT2D eigenvalue weighted by atomic mass is 16.2. The Morgan fingerprint density at radius 3 is 2.16 bits per heavy atom. The van der Waals surface area contributed by atoms with Gasteiger partial charge in [-0.2, -0.15) is 0 Å². The molecule has 1 unspecified atom stereocenters. The van der Waals surface area contributed by atoms with Crippen molar-refractivity contribution in [2.24, 2.45) is 0 Å². The summed E-state index contributed by atoms with van der Waals surface area (Å²) in [6.07, 6.45) is 3.33. The molecule has 2 aliphatic heterocycles. The first kappa shape index (κ1) is 19.9. The average molecular weight is 418 g/mol. The van der Waals surface area contributed by atoms with E-state index >= 15 is 0 Å². The van der Waals surface area contributed by atoms with Crippen molar-refractivity contribution >= 4 is 17.7 Å². The summed E-state index contributed by atoms with van der Waals surface area (Å²) >= 11 is 0. The number of carbonyl (C=O) groups is 3. The van der Waals surface area contributed by atoms with Crippen molar-refractivity contribution in [2.75, 3.05) is 26.2 Å². The van der Waals surface area contributed by atoms with E-state index in [2.05, 4.69) is 17.0 Å². The van der Waals surface area contributed by atoms with E-state index in [0.717, 1.165) is 19.6 Å². The van der Waals surface area contributed by atoms with Crippen molar-refractivity contribution < 1.29 is 14.4 Å². The molecular weight excluding hydrogens is 390 g/mol. The molecule has 1 aliphatic carbocycles. The first-order valence-electron chi connectivity index (χ1n) is 11.2. The molecule has 6 nitrogen and oxygen atoms in total. The SMILES string of the molecule is O=C1c2ccccc2C(=O)N1CCCC(=O)N1CCN(C2CC2)CC1c1ccccc1. The molecule has 3 aliphatic rings. The van der Waals surface area contributed by atoms with Gasteiger partial charge >= 0.3 is 0 Å². The minimum Gasteiger partial charge on any atom is -0.333 e. The van der Waals surface area contributed by atoms with Crippen molar-refractivity contribution in [3.05, 3.63) is 71.3 Å². The van der Waals surface area contributed by atoms with Crippen molar-refractivity contribution in [3.63, 3.8) is 0 Å². The number of nitrogens with zero attached hydrogens (tertiary/aromatic N) is 3. The normalized spacial score (nSPS) is 21.5. The highest BCUT2D eigenvalue weighted by Gasteiger charge is 2.38. The third-order valence-electron chi connectivity index (χ3n) is 6.63.